The minimum absolute atomic E-state index is 0.646. The molecule has 0 spiro atoms. The monoisotopic (exact) mass is 744 g/mol. The Morgan fingerprint density at radius 3 is 1.58 bits per heavy atom. The summed E-state index contributed by atoms with van der Waals surface area (Å²) in [6, 6.07) is 69.4. The van der Waals surface area contributed by atoms with E-state index in [1.807, 2.05) is 23.5 Å². The standard InChI is InChI=1S/C52H32N4S/c1-3-15-33(16-4-1)42-32-43(34-17-5-2-6-18-34)54-52(53-42)56-45-27-11-8-23-41(45)50-47(56)30-29-46-49(50)40-22-7-10-26-44(40)55(46)36-20-13-19-35(31-36)37-24-14-25-39-38-21-9-12-28-48(38)57-51(37)39/h1-32H. The van der Waals surface area contributed by atoms with E-state index in [1.54, 1.807) is 0 Å². The third-order valence-electron chi connectivity index (χ3n) is 11.3. The number of nitrogens with zero attached hydrogens (tertiary/aromatic N) is 4. The van der Waals surface area contributed by atoms with Crippen molar-refractivity contribution in [3.8, 4) is 45.3 Å². The van der Waals surface area contributed by atoms with E-state index >= 15 is 0 Å². The van der Waals surface area contributed by atoms with E-state index in [9.17, 15) is 0 Å². The molecule has 266 valence electrons. The van der Waals surface area contributed by atoms with Crippen molar-refractivity contribution < 1.29 is 0 Å². The number of thiophene rings is 1. The predicted octanol–water partition coefficient (Wildman–Crippen LogP) is 14.0. The summed E-state index contributed by atoms with van der Waals surface area (Å²) >= 11 is 1.87. The molecule has 12 aromatic rings. The van der Waals surface area contributed by atoms with Crippen molar-refractivity contribution in [1.29, 1.82) is 0 Å². The lowest BCUT2D eigenvalue weighted by molar-refractivity contribution is 0.996. The number of para-hydroxylation sites is 2. The van der Waals surface area contributed by atoms with Crippen molar-refractivity contribution in [2.45, 2.75) is 0 Å². The number of benzene rings is 8. The molecule has 0 aliphatic carbocycles. The quantitative estimate of drug-likeness (QED) is 0.176. The SMILES string of the molecule is c1ccc(-c2cc(-c3ccccc3)nc(-n3c4ccccc4c4c5c6ccccc6n(-c6cccc(-c7cccc8c7sc7ccccc78)c6)c5ccc43)n2)cc1. The minimum Gasteiger partial charge on any atom is -0.309 e. The molecule has 5 heteroatoms. The van der Waals surface area contributed by atoms with E-state index in [1.165, 1.54) is 58.4 Å². The number of aromatic nitrogens is 4. The van der Waals surface area contributed by atoms with E-state index in [0.717, 1.165) is 44.8 Å². The summed E-state index contributed by atoms with van der Waals surface area (Å²) in [5.41, 5.74) is 11.9. The van der Waals surface area contributed by atoms with E-state index in [-0.39, 0.29) is 0 Å². The first-order valence-electron chi connectivity index (χ1n) is 19.3. The van der Waals surface area contributed by atoms with Crippen LogP contribution in [-0.4, -0.2) is 19.1 Å². The molecule has 0 amide bonds. The van der Waals surface area contributed by atoms with Crippen LogP contribution >= 0.6 is 11.3 Å². The Labute approximate surface area is 332 Å². The normalized spacial score (nSPS) is 11.9. The Bertz CT molecular complexity index is 3460. The minimum atomic E-state index is 0.646. The molecule has 4 heterocycles. The molecule has 0 unspecified atom stereocenters. The first kappa shape index (κ1) is 32.0. The Morgan fingerprint density at radius 2 is 0.895 bits per heavy atom. The summed E-state index contributed by atoms with van der Waals surface area (Å²) in [6.45, 7) is 0. The molecule has 0 bridgehead atoms. The topological polar surface area (TPSA) is 35.6 Å². The summed E-state index contributed by atoms with van der Waals surface area (Å²) in [5, 5.41) is 7.41. The Balaban J connectivity index is 1.11. The summed E-state index contributed by atoms with van der Waals surface area (Å²) in [7, 11) is 0. The zero-order valence-electron chi connectivity index (χ0n) is 30.7. The maximum atomic E-state index is 5.29. The van der Waals surface area contributed by atoms with Gasteiger partial charge in [0.15, 0.2) is 0 Å². The van der Waals surface area contributed by atoms with Crippen molar-refractivity contribution in [3.63, 3.8) is 0 Å². The fraction of sp³-hybridized carbons (Fsp3) is 0. The second kappa shape index (κ2) is 12.6. The molecule has 0 saturated heterocycles. The molecule has 12 rings (SSSR count). The fourth-order valence-electron chi connectivity index (χ4n) is 8.85. The lowest BCUT2D eigenvalue weighted by Gasteiger charge is -2.12. The molecule has 0 aliphatic heterocycles. The van der Waals surface area contributed by atoms with Gasteiger partial charge in [0.1, 0.15) is 0 Å². The summed E-state index contributed by atoms with van der Waals surface area (Å²) in [4.78, 5) is 10.6. The van der Waals surface area contributed by atoms with E-state index in [0.29, 0.717) is 5.95 Å². The molecule has 0 atom stereocenters. The molecule has 0 aliphatic rings. The first-order valence-corrected chi connectivity index (χ1v) is 20.1. The average Bonchev–Trinajstić information content (AvgIpc) is 3.95. The summed E-state index contributed by atoms with van der Waals surface area (Å²) in [6.07, 6.45) is 0. The van der Waals surface area contributed by atoms with Crippen molar-refractivity contribution in [3.05, 3.63) is 194 Å². The fourth-order valence-corrected chi connectivity index (χ4v) is 10.1. The van der Waals surface area contributed by atoms with Gasteiger partial charge in [-0.2, -0.15) is 0 Å². The van der Waals surface area contributed by atoms with E-state index in [4.69, 9.17) is 9.97 Å². The number of fused-ring (bicyclic) bond motifs is 10. The Kier molecular flexibility index (Phi) is 7.06. The van der Waals surface area contributed by atoms with Crippen LogP contribution in [0.1, 0.15) is 0 Å². The van der Waals surface area contributed by atoms with Crippen LogP contribution in [-0.2, 0) is 0 Å². The van der Waals surface area contributed by atoms with Gasteiger partial charge in [-0.3, -0.25) is 4.57 Å². The van der Waals surface area contributed by atoms with E-state index in [2.05, 4.69) is 191 Å². The maximum Gasteiger partial charge on any atom is 0.235 e. The Hall–Kier alpha value is -7.34. The molecular weight excluding hydrogens is 713 g/mol. The molecule has 0 radical (unpaired) electrons. The van der Waals surface area contributed by atoms with Gasteiger partial charge in [-0.1, -0.05) is 146 Å². The van der Waals surface area contributed by atoms with Gasteiger partial charge in [-0.05, 0) is 59.7 Å². The third kappa shape index (κ3) is 4.93. The first-order chi connectivity index (χ1) is 28.3. The molecule has 4 aromatic heterocycles. The molecule has 8 aromatic carbocycles. The zero-order chi connectivity index (χ0) is 37.5. The van der Waals surface area contributed by atoms with Gasteiger partial charge in [0.05, 0.1) is 33.5 Å². The molecule has 4 nitrogen and oxygen atoms in total. The highest BCUT2D eigenvalue weighted by molar-refractivity contribution is 7.26. The van der Waals surface area contributed by atoms with Gasteiger partial charge >= 0.3 is 0 Å². The molecule has 0 fully saturated rings. The zero-order valence-corrected chi connectivity index (χ0v) is 31.5. The van der Waals surface area contributed by atoms with Gasteiger partial charge in [0, 0.05) is 58.5 Å². The second-order valence-electron chi connectivity index (χ2n) is 14.6. The van der Waals surface area contributed by atoms with Crippen LogP contribution in [0.2, 0.25) is 0 Å². The van der Waals surface area contributed by atoms with Gasteiger partial charge in [0.2, 0.25) is 5.95 Å². The number of hydrogen-bond acceptors (Lipinski definition) is 3. The number of hydrogen-bond donors (Lipinski definition) is 0. The maximum absolute atomic E-state index is 5.29. The van der Waals surface area contributed by atoms with Crippen LogP contribution in [0.3, 0.4) is 0 Å². The van der Waals surface area contributed by atoms with Crippen molar-refractivity contribution in [1.82, 2.24) is 19.1 Å². The van der Waals surface area contributed by atoms with Crippen LogP contribution in [0.5, 0.6) is 0 Å². The van der Waals surface area contributed by atoms with E-state index < -0.39 is 0 Å². The van der Waals surface area contributed by atoms with Crippen molar-refractivity contribution in [2.75, 3.05) is 0 Å². The van der Waals surface area contributed by atoms with Crippen LogP contribution in [0.15, 0.2) is 194 Å². The highest BCUT2D eigenvalue weighted by Gasteiger charge is 2.22. The van der Waals surface area contributed by atoms with Gasteiger partial charge in [-0.25, -0.2) is 9.97 Å². The molecular formula is C52H32N4S. The summed E-state index contributed by atoms with van der Waals surface area (Å²) < 4.78 is 7.32. The molecule has 0 N–H and O–H groups in total. The molecule has 57 heavy (non-hydrogen) atoms. The highest BCUT2D eigenvalue weighted by atomic mass is 32.1. The lowest BCUT2D eigenvalue weighted by atomic mass is 10.0. The Morgan fingerprint density at radius 1 is 0.368 bits per heavy atom. The molecule has 0 saturated carbocycles. The van der Waals surface area contributed by atoms with Crippen molar-refractivity contribution in [2.24, 2.45) is 0 Å². The van der Waals surface area contributed by atoms with Crippen LogP contribution < -0.4 is 0 Å². The second-order valence-corrected chi connectivity index (χ2v) is 15.6. The number of rotatable bonds is 5. The highest BCUT2D eigenvalue weighted by Crippen LogP contribution is 2.44. The van der Waals surface area contributed by atoms with Gasteiger partial charge < -0.3 is 4.57 Å². The summed E-state index contributed by atoms with van der Waals surface area (Å²) in [5.74, 6) is 0.646. The van der Waals surface area contributed by atoms with Crippen LogP contribution in [0.4, 0.5) is 0 Å². The van der Waals surface area contributed by atoms with Gasteiger partial charge in [-0.15, -0.1) is 11.3 Å². The predicted molar refractivity (Wildman–Crippen MR) is 240 cm³/mol. The third-order valence-corrected chi connectivity index (χ3v) is 12.6. The van der Waals surface area contributed by atoms with Crippen molar-refractivity contribution >= 4 is 75.1 Å². The van der Waals surface area contributed by atoms with Gasteiger partial charge in [0.25, 0.3) is 0 Å². The smallest absolute Gasteiger partial charge is 0.235 e. The lowest BCUT2D eigenvalue weighted by Crippen LogP contribution is -2.04. The van der Waals surface area contributed by atoms with Crippen LogP contribution in [0.25, 0.3) is 109 Å². The average molecular weight is 745 g/mol. The van der Waals surface area contributed by atoms with Crippen LogP contribution in [0, 0.1) is 0 Å². The largest absolute Gasteiger partial charge is 0.309 e.